The summed E-state index contributed by atoms with van der Waals surface area (Å²) in [6.07, 6.45) is -4.96. The minimum atomic E-state index is -4.78. The van der Waals surface area contributed by atoms with E-state index in [0.717, 1.165) is 22.6 Å². The fraction of sp³-hybridized carbons (Fsp3) is 0.286. The highest BCUT2D eigenvalue weighted by molar-refractivity contribution is 5.85. The minimum Gasteiger partial charge on any atom is -0.545 e. The van der Waals surface area contributed by atoms with E-state index in [9.17, 15) is 28.2 Å². The van der Waals surface area contributed by atoms with Crippen molar-refractivity contribution in [2.45, 2.75) is 31.5 Å². The molecule has 2 heterocycles. The molecular formula is C21H18F3N3O5. The van der Waals surface area contributed by atoms with Crippen molar-refractivity contribution in [3.63, 3.8) is 0 Å². The summed E-state index contributed by atoms with van der Waals surface area (Å²) in [6.45, 7) is 0.935. The molecule has 4 rings (SSSR count). The third-order valence-corrected chi connectivity index (χ3v) is 5.21. The van der Waals surface area contributed by atoms with Gasteiger partial charge in [-0.3, -0.25) is 0 Å². The van der Waals surface area contributed by atoms with Gasteiger partial charge in [0.05, 0.1) is 5.97 Å². The van der Waals surface area contributed by atoms with Crippen LogP contribution in [0.5, 0.6) is 5.75 Å². The predicted octanol–water partition coefficient (Wildman–Crippen LogP) is 0.890. The fourth-order valence-corrected chi connectivity index (χ4v) is 3.76. The average Bonchev–Trinajstić information content (AvgIpc) is 3.34. The third-order valence-electron chi connectivity index (χ3n) is 5.21. The van der Waals surface area contributed by atoms with Gasteiger partial charge in [-0.05, 0) is 29.8 Å². The molecule has 168 valence electrons. The molecule has 1 unspecified atom stereocenters. The van der Waals surface area contributed by atoms with E-state index in [0.29, 0.717) is 31.0 Å². The number of ether oxygens (including phenoxy) is 1. The summed E-state index contributed by atoms with van der Waals surface area (Å²) in [6, 6.07) is 11.1. The number of nitrogens with one attached hydrogen (secondary N) is 1. The third kappa shape index (κ3) is 5.06. The topological polar surface area (TPSA) is 113 Å². The van der Waals surface area contributed by atoms with Crippen LogP contribution in [0.3, 0.4) is 0 Å². The Kier molecular flexibility index (Phi) is 5.85. The Bertz CT molecular complexity index is 1080. The highest BCUT2D eigenvalue weighted by Gasteiger charge is 2.40. The molecule has 0 radical (unpaired) electrons. The summed E-state index contributed by atoms with van der Waals surface area (Å²) in [5, 5.41) is 25.0. The van der Waals surface area contributed by atoms with Gasteiger partial charge in [-0.25, -0.2) is 0 Å². The molecule has 1 aliphatic rings. The molecule has 8 nitrogen and oxygen atoms in total. The van der Waals surface area contributed by atoms with E-state index in [-0.39, 0.29) is 23.2 Å². The zero-order chi connectivity index (χ0) is 22.9. The van der Waals surface area contributed by atoms with Crippen LogP contribution < -0.4 is 14.7 Å². The number of quaternary nitrogens is 1. The second kappa shape index (κ2) is 8.60. The van der Waals surface area contributed by atoms with Gasteiger partial charge in [0.15, 0.2) is 6.04 Å². The van der Waals surface area contributed by atoms with E-state index < -0.39 is 18.4 Å². The number of rotatable bonds is 6. The van der Waals surface area contributed by atoms with Gasteiger partial charge in [-0.1, -0.05) is 29.4 Å². The normalized spacial score (nSPS) is 20.9. The number of aliphatic hydroxyl groups is 1. The van der Waals surface area contributed by atoms with E-state index in [1.165, 1.54) is 24.3 Å². The number of aromatic carboxylic acids is 1. The summed E-state index contributed by atoms with van der Waals surface area (Å²) in [5.74, 6) is -1.11. The van der Waals surface area contributed by atoms with Gasteiger partial charge in [0.1, 0.15) is 24.9 Å². The van der Waals surface area contributed by atoms with E-state index >= 15 is 0 Å². The van der Waals surface area contributed by atoms with Crippen molar-refractivity contribution in [3.8, 4) is 17.1 Å². The number of benzene rings is 2. The second-order valence-electron chi connectivity index (χ2n) is 7.49. The monoisotopic (exact) mass is 449 g/mol. The molecule has 0 bridgehead atoms. The highest BCUT2D eigenvalue weighted by atomic mass is 19.4. The molecular weight excluding hydrogens is 431 g/mol. The van der Waals surface area contributed by atoms with Crippen LogP contribution in [-0.2, 0) is 6.54 Å². The van der Waals surface area contributed by atoms with Gasteiger partial charge >= 0.3 is 6.36 Å². The van der Waals surface area contributed by atoms with Crippen molar-refractivity contribution in [2.75, 3.05) is 6.54 Å². The number of nitrogens with zero attached hydrogens (tertiary/aromatic N) is 2. The number of carboxylic acids is 1. The lowest BCUT2D eigenvalue weighted by atomic mass is 10.1. The predicted molar refractivity (Wildman–Crippen MR) is 100 cm³/mol. The van der Waals surface area contributed by atoms with E-state index in [1.807, 2.05) is 0 Å². The van der Waals surface area contributed by atoms with Crippen LogP contribution in [0.4, 0.5) is 13.2 Å². The van der Waals surface area contributed by atoms with Crippen LogP contribution in [-0.4, -0.2) is 40.2 Å². The number of hydrogen-bond donors (Lipinski definition) is 2. The summed E-state index contributed by atoms with van der Waals surface area (Å²) >= 11 is 0. The lowest BCUT2D eigenvalue weighted by Crippen LogP contribution is -3.09. The van der Waals surface area contributed by atoms with Gasteiger partial charge < -0.3 is 29.2 Å². The van der Waals surface area contributed by atoms with Crippen molar-refractivity contribution in [3.05, 3.63) is 65.5 Å². The number of halogens is 3. The lowest BCUT2D eigenvalue weighted by Gasteiger charge is -2.18. The Hall–Kier alpha value is -3.44. The van der Waals surface area contributed by atoms with Crippen LogP contribution in [0, 0.1) is 0 Å². The summed E-state index contributed by atoms with van der Waals surface area (Å²) in [5.41, 5.74) is 1.39. The number of aliphatic hydroxyl groups excluding tert-OH is 1. The zero-order valence-corrected chi connectivity index (χ0v) is 16.5. The summed E-state index contributed by atoms with van der Waals surface area (Å²) in [4.78, 5) is 16.2. The molecule has 0 saturated carbocycles. The van der Waals surface area contributed by atoms with E-state index in [4.69, 9.17) is 4.52 Å². The lowest BCUT2D eigenvalue weighted by molar-refractivity contribution is -0.934. The minimum absolute atomic E-state index is 0.0787. The van der Waals surface area contributed by atoms with Crippen LogP contribution >= 0.6 is 0 Å². The molecule has 2 aromatic carbocycles. The largest absolute Gasteiger partial charge is 0.573 e. The zero-order valence-electron chi connectivity index (χ0n) is 16.5. The summed E-state index contributed by atoms with van der Waals surface area (Å²) in [7, 11) is 0. The Labute approximate surface area is 179 Å². The smallest absolute Gasteiger partial charge is 0.545 e. The number of alkyl halides is 3. The molecule has 1 fully saturated rings. The highest BCUT2D eigenvalue weighted by Crippen LogP contribution is 2.27. The number of carbonyl (C=O) groups excluding carboxylic acids is 1. The number of aromatic nitrogens is 2. The molecule has 3 aromatic rings. The van der Waals surface area contributed by atoms with Crippen molar-refractivity contribution in [1.29, 1.82) is 0 Å². The first-order valence-corrected chi connectivity index (χ1v) is 9.70. The number of likely N-dealkylation sites (tertiary alicyclic amines) is 1. The van der Waals surface area contributed by atoms with E-state index in [2.05, 4.69) is 14.9 Å². The maximum Gasteiger partial charge on any atom is 0.573 e. The van der Waals surface area contributed by atoms with Crippen molar-refractivity contribution < 1.29 is 42.3 Å². The quantitative estimate of drug-likeness (QED) is 0.575. The Morgan fingerprint density at radius 2 is 1.88 bits per heavy atom. The van der Waals surface area contributed by atoms with Crippen LogP contribution in [0.25, 0.3) is 11.4 Å². The Morgan fingerprint density at radius 1 is 1.19 bits per heavy atom. The van der Waals surface area contributed by atoms with Crippen molar-refractivity contribution >= 4 is 5.97 Å². The number of carboxylic acid groups (broad SMARTS) is 1. The maximum atomic E-state index is 12.3. The Morgan fingerprint density at radius 3 is 2.50 bits per heavy atom. The maximum absolute atomic E-state index is 12.3. The molecule has 1 aromatic heterocycles. The molecule has 0 amide bonds. The first kappa shape index (κ1) is 21.8. The van der Waals surface area contributed by atoms with Gasteiger partial charge in [0, 0.05) is 17.5 Å². The van der Waals surface area contributed by atoms with Gasteiger partial charge in [0.25, 0.3) is 5.89 Å². The second-order valence-corrected chi connectivity index (χ2v) is 7.49. The molecule has 1 saturated heterocycles. The van der Waals surface area contributed by atoms with Gasteiger partial charge in [-0.2, -0.15) is 4.98 Å². The number of hydrogen-bond acceptors (Lipinski definition) is 7. The SMILES string of the molecule is O=C([O-])c1ccc(C[NH+]2C[C@H](O)C[C@H]2c2nc(-c3ccc(OC(F)(F)F)cc3)no2)cc1. The van der Waals surface area contributed by atoms with Crippen LogP contribution in [0.15, 0.2) is 53.1 Å². The number of carbonyl (C=O) groups is 1. The molecule has 0 spiro atoms. The van der Waals surface area contributed by atoms with E-state index in [1.54, 1.807) is 12.1 Å². The molecule has 2 N–H and O–H groups in total. The van der Waals surface area contributed by atoms with Crippen molar-refractivity contribution in [2.24, 2.45) is 0 Å². The van der Waals surface area contributed by atoms with Gasteiger partial charge in [-0.15, -0.1) is 13.2 Å². The average molecular weight is 449 g/mol. The summed E-state index contributed by atoms with van der Waals surface area (Å²) < 4.78 is 46.2. The Balaban J connectivity index is 1.48. The molecule has 1 aliphatic heterocycles. The molecule has 11 heteroatoms. The van der Waals surface area contributed by atoms with Crippen molar-refractivity contribution in [1.82, 2.24) is 10.1 Å². The van der Waals surface area contributed by atoms with Crippen LogP contribution in [0.1, 0.15) is 34.3 Å². The molecule has 32 heavy (non-hydrogen) atoms. The standard InChI is InChI=1S/C21H18F3N3O5/c22-21(23,24)31-16-7-5-13(6-8-16)18-25-19(32-26-18)17-9-15(28)11-27(17)10-12-1-3-14(4-2-12)20(29)30/h1-8,15,17,28H,9-11H2,(H,29,30)/t15-,17+/m1/s1. The first-order chi connectivity index (χ1) is 15.2. The van der Waals surface area contributed by atoms with Gasteiger partial charge in [0.2, 0.25) is 5.82 Å². The first-order valence-electron chi connectivity index (χ1n) is 9.70. The van der Waals surface area contributed by atoms with Crippen LogP contribution in [0.2, 0.25) is 0 Å². The molecule has 0 aliphatic carbocycles. The molecule has 3 atom stereocenters. The fourth-order valence-electron chi connectivity index (χ4n) is 3.76.